The molecular weight excluding hydrogens is 312 g/mol. The first-order valence-corrected chi connectivity index (χ1v) is 6.87. The zero-order chi connectivity index (χ0) is 13.1. The molecule has 0 amide bonds. The molecule has 0 unspecified atom stereocenters. The van der Waals surface area contributed by atoms with Crippen molar-refractivity contribution in [2.24, 2.45) is 0 Å². The second kappa shape index (κ2) is 5.77. The van der Waals surface area contributed by atoms with Crippen molar-refractivity contribution in [3.05, 3.63) is 62.6 Å². The van der Waals surface area contributed by atoms with Crippen LogP contribution in [0.5, 0.6) is 5.75 Å². The number of rotatable bonds is 3. The largest absolute Gasteiger partial charge is 0.487 e. The molecule has 0 atom stereocenters. The maximum Gasteiger partial charge on any atom is 0.136 e. The minimum Gasteiger partial charge on any atom is -0.487 e. The van der Waals surface area contributed by atoms with Gasteiger partial charge in [0.05, 0.1) is 4.47 Å². The van der Waals surface area contributed by atoms with Gasteiger partial charge < -0.3 is 4.74 Å². The molecule has 0 aliphatic carbocycles. The molecule has 0 radical (unpaired) electrons. The van der Waals surface area contributed by atoms with Crippen molar-refractivity contribution in [1.82, 2.24) is 0 Å². The summed E-state index contributed by atoms with van der Waals surface area (Å²) in [4.78, 5) is 0. The van der Waals surface area contributed by atoms with E-state index in [0.29, 0.717) is 6.61 Å². The molecule has 1 nitrogen and oxygen atoms in total. The molecule has 2 aromatic rings. The SMILES string of the molecule is Cc1cc(C)c(OCc2ccc(Cl)cc2)c(Br)c1. The van der Waals surface area contributed by atoms with Gasteiger partial charge in [0, 0.05) is 5.02 Å². The van der Waals surface area contributed by atoms with E-state index in [1.165, 1.54) is 5.56 Å². The van der Waals surface area contributed by atoms with E-state index in [4.69, 9.17) is 16.3 Å². The quantitative estimate of drug-likeness (QED) is 0.744. The normalized spacial score (nSPS) is 10.4. The lowest BCUT2D eigenvalue weighted by Gasteiger charge is -2.12. The van der Waals surface area contributed by atoms with Crippen molar-refractivity contribution in [3.8, 4) is 5.75 Å². The van der Waals surface area contributed by atoms with E-state index in [2.05, 4.69) is 41.9 Å². The van der Waals surface area contributed by atoms with Crippen molar-refractivity contribution < 1.29 is 4.74 Å². The lowest BCUT2D eigenvalue weighted by atomic mass is 10.1. The Balaban J connectivity index is 2.13. The first-order valence-electron chi connectivity index (χ1n) is 5.70. The number of hydrogen-bond acceptors (Lipinski definition) is 1. The van der Waals surface area contributed by atoms with Gasteiger partial charge in [-0.1, -0.05) is 29.8 Å². The summed E-state index contributed by atoms with van der Waals surface area (Å²) in [5.41, 5.74) is 3.46. The number of hydrogen-bond donors (Lipinski definition) is 0. The molecule has 0 saturated carbocycles. The standard InChI is InChI=1S/C15H14BrClO/c1-10-7-11(2)15(14(16)8-10)18-9-12-3-5-13(17)6-4-12/h3-8H,9H2,1-2H3. The van der Waals surface area contributed by atoms with Crippen molar-refractivity contribution in [1.29, 1.82) is 0 Å². The summed E-state index contributed by atoms with van der Waals surface area (Å²) in [5, 5.41) is 0.742. The van der Waals surface area contributed by atoms with Crippen molar-refractivity contribution in [3.63, 3.8) is 0 Å². The second-order valence-electron chi connectivity index (χ2n) is 4.31. The van der Waals surface area contributed by atoms with Crippen LogP contribution in [0.2, 0.25) is 5.02 Å². The van der Waals surface area contributed by atoms with E-state index in [9.17, 15) is 0 Å². The molecule has 0 fully saturated rings. The van der Waals surface area contributed by atoms with Crippen LogP contribution >= 0.6 is 27.5 Å². The summed E-state index contributed by atoms with van der Waals surface area (Å²) in [6.45, 7) is 4.66. The zero-order valence-electron chi connectivity index (χ0n) is 10.3. The third-order valence-corrected chi connectivity index (χ3v) is 3.51. The van der Waals surface area contributed by atoms with Crippen molar-refractivity contribution in [2.45, 2.75) is 20.5 Å². The Bertz CT molecular complexity index is 526. The summed E-state index contributed by atoms with van der Waals surface area (Å²) in [6, 6.07) is 11.9. The number of halogens is 2. The third kappa shape index (κ3) is 3.27. The van der Waals surface area contributed by atoms with E-state index in [1.54, 1.807) is 0 Å². The second-order valence-corrected chi connectivity index (χ2v) is 5.60. The lowest BCUT2D eigenvalue weighted by molar-refractivity contribution is 0.302. The van der Waals surface area contributed by atoms with E-state index >= 15 is 0 Å². The Labute approximate surface area is 121 Å². The molecular formula is C15H14BrClO. The van der Waals surface area contributed by atoms with Gasteiger partial charge in [0.2, 0.25) is 0 Å². The van der Waals surface area contributed by atoms with Gasteiger partial charge in [-0.3, -0.25) is 0 Å². The van der Waals surface area contributed by atoms with Gasteiger partial charge in [0.25, 0.3) is 0 Å². The maximum atomic E-state index is 5.86. The van der Waals surface area contributed by atoms with Gasteiger partial charge >= 0.3 is 0 Å². The smallest absolute Gasteiger partial charge is 0.136 e. The molecule has 0 aliphatic heterocycles. The van der Waals surface area contributed by atoms with Crippen molar-refractivity contribution >= 4 is 27.5 Å². The van der Waals surface area contributed by atoms with E-state index in [0.717, 1.165) is 26.4 Å². The predicted octanol–water partition coefficient (Wildman–Crippen LogP) is 5.30. The van der Waals surface area contributed by atoms with Crippen LogP contribution in [-0.2, 0) is 6.61 Å². The highest BCUT2D eigenvalue weighted by Gasteiger charge is 2.06. The van der Waals surface area contributed by atoms with Gasteiger partial charge in [-0.15, -0.1) is 0 Å². The van der Waals surface area contributed by atoms with Gasteiger partial charge in [-0.05, 0) is 64.7 Å². The highest BCUT2D eigenvalue weighted by molar-refractivity contribution is 9.10. The molecule has 0 spiro atoms. The average molecular weight is 326 g/mol. The fourth-order valence-electron chi connectivity index (χ4n) is 1.82. The lowest BCUT2D eigenvalue weighted by Crippen LogP contribution is -1.98. The van der Waals surface area contributed by atoms with E-state index < -0.39 is 0 Å². The average Bonchev–Trinajstić information content (AvgIpc) is 2.30. The van der Waals surface area contributed by atoms with Crippen LogP contribution in [0.1, 0.15) is 16.7 Å². The fourth-order valence-corrected chi connectivity index (χ4v) is 2.74. The minimum absolute atomic E-state index is 0.541. The van der Waals surface area contributed by atoms with Crippen LogP contribution < -0.4 is 4.74 Å². The molecule has 18 heavy (non-hydrogen) atoms. The van der Waals surface area contributed by atoms with Gasteiger partial charge in [0.15, 0.2) is 0 Å². The number of aryl methyl sites for hydroxylation is 2. The van der Waals surface area contributed by atoms with Crippen LogP contribution in [0.4, 0.5) is 0 Å². The van der Waals surface area contributed by atoms with Crippen LogP contribution in [0, 0.1) is 13.8 Å². The Morgan fingerprint density at radius 2 is 1.78 bits per heavy atom. The van der Waals surface area contributed by atoms with E-state index in [1.807, 2.05) is 24.3 Å². The Morgan fingerprint density at radius 1 is 1.11 bits per heavy atom. The van der Waals surface area contributed by atoms with Crippen LogP contribution in [-0.4, -0.2) is 0 Å². The molecule has 0 aliphatic rings. The molecule has 0 saturated heterocycles. The molecule has 0 bridgehead atoms. The molecule has 0 aromatic heterocycles. The minimum atomic E-state index is 0.541. The molecule has 94 valence electrons. The van der Waals surface area contributed by atoms with Gasteiger partial charge in [-0.25, -0.2) is 0 Å². The summed E-state index contributed by atoms with van der Waals surface area (Å²) in [7, 11) is 0. The Hall–Kier alpha value is -0.990. The van der Waals surface area contributed by atoms with Crippen LogP contribution in [0.25, 0.3) is 0 Å². The molecule has 2 aromatic carbocycles. The zero-order valence-corrected chi connectivity index (χ0v) is 12.7. The highest BCUT2D eigenvalue weighted by atomic mass is 79.9. The van der Waals surface area contributed by atoms with Gasteiger partial charge in [-0.2, -0.15) is 0 Å². The Kier molecular flexibility index (Phi) is 4.31. The molecule has 2 rings (SSSR count). The monoisotopic (exact) mass is 324 g/mol. The molecule has 0 heterocycles. The molecule has 0 N–H and O–H groups in total. The van der Waals surface area contributed by atoms with Crippen LogP contribution in [0.15, 0.2) is 40.9 Å². The van der Waals surface area contributed by atoms with Crippen molar-refractivity contribution in [2.75, 3.05) is 0 Å². The van der Waals surface area contributed by atoms with E-state index in [-0.39, 0.29) is 0 Å². The maximum absolute atomic E-state index is 5.86. The number of ether oxygens (including phenoxy) is 1. The van der Waals surface area contributed by atoms with Gasteiger partial charge in [0.1, 0.15) is 12.4 Å². The summed E-state index contributed by atoms with van der Waals surface area (Å²) in [5.74, 6) is 0.899. The fraction of sp³-hybridized carbons (Fsp3) is 0.200. The summed E-state index contributed by atoms with van der Waals surface area (Å²) < 4.78 is 6.85. The number of benzene rings is 2. The summed E-state index contributed by atoms with van der Waals surface area (Å²) >= 11 is 9.39. The third-order valence-electron chi connectivity index (χ3n) is 2.67. The first-order chi connectivity index (χ1) is 8.56. The first kappa shape index (κ1) is 13.4. The predicted molar refractivity (Wildman–Crippen MR) is 79.4 cm³/mol. The highest BCUT2D eigenvalue weighted by Crippen LogP contribution is 2.30. The molecule has 3 heteroatoms. The topological polar surface area (TPSA) is 9.23 Å². The van der Waals surface area contributed by atoms with Crippen LogP contribution in [0.3, 0.4) is 0 Å². The summed E-state index contributed by atoms with van der Waals surface area (Å²) in [6.07, 6.45) is 0. The Morgan fingerprint density at radius 3 is 2.39 bits per heavy atom.